The smallest absolute Gasteiger partial charge is 0.119 e. The molecule has 0 radical (unpaired) electrons. The largest absolute Gasteiger partial charge is 0.494 e. The molecule has 3 heteroatoms. The molecule has 1 aromatic carbocycles. The lowest BCUT2D eigenvalue weighted by atomic mass is 10.2. The van der Waals surface area contributed by atoms with Crippen LogP contribution in [-0.4, -0.2) is 12.8 Å². The first-order valence-corrected chi connectivity index (χ1v) is 5.49. The number of alkyl halides is 1. The fraction of sp³-hybridized carbons (Fsp3) is 0.462. The van der Waals surface area contributed by atoms with Crippen molar-refractivity contribution in [3.05, 3.63) is 29.8 Å². The summed E-state index contributed by atoms with van der Waals surface area (Å²) < 4.78 is 17.9. The highest BCUT2D eigenvalue weighted by Crippen LogP contribution is 2.12. The van der Waals surface area contributed by atoms with Crippen molar-refractivity contribution in [1.82, 2.24) is 0 Å². The lowest BCUT2D eigenvalue weighted by Gasteiger charge is -2.06. The van der Waals surface area contributed by atoms with E-state index in [-0.39, 0.29) is 0 Å². The van der Waals surface area contributed by atoms with Gasteiger partial charge in [-0.1, -0.05) is 0 Å². The van der Waals surface area contributed by atoms with Crippen molar-refractivity contribution >= 4 is 0 Å². The van der Waals surface area contributed by atoms with Crippen LogP contribution in [0.5, 0.6) is 5.75 Å². The zero-order valence-electron chi connectivity index (χ0n) is 9.45. The van der Waals surface area contributed by atoms with Gasteiger partial charge >= 0.3 is 0 Å². The predicted octanol–water partition coefficient (Wildman–Crippen LogP) is 3.47. The van der Waals surface area contributed by atoms with E-state index in [1.807, 2.05) is 6.07 Å². The highest BCUT2D eigenvalue weighted by atomic mass is 19.1. The Morgan fingerprint density at radius 1 is 1.31 bits per heavy atom. The van der Waals surface area contributed by atoms with Gasteiger partial charge in [0, 0.05) is 0 Å². The Bertz CT molecular complexity index is 340. The van der Waals surface area contributed by atoms with Crippen LogP contribution in [0.3, 0.4) is 0 Å². The van der Waals surface area contributed by atoms with Gasteiger partial charge in [-0.05, 0) is 50.5 Å². The van der Waals surface area contributed by atoms with Gasteiger partial charge in [0.05, 0.1) is 24.4 Å². The molecule has 0 N–H and O–H groups in total. The summed E-state index contributed by atoms with van der Waals surface area (Å²) >= 11 is 0. The first-order valence-electron chi connectivity index (χ1n) is 5.49. The van der Waals surface area contributed by atoms with Crippen molar-refractivity contribution in [3.8, 4) is 11.8 Å². The lowest BCUT2D eigenvalue weighted by molar-refractivity contribution is 0.284. The van der Waals surface area contributed by atoms with E-state index in [0.29, 0.717) is 18.6 Å². The Labute approximate surface area is 95.7 Å². The van der Waals surface area contributed by atoms with Crippen molar-refractivity contribution in [3.63, 3.8) is 0 Å². The van der Waals surface area contributed by atoms with E-state index in [1.54, 1.807) is 31.2 Å². The van der Waals surface area contributed by atoms with Crippen molar-refractivity contribution in [2.75, 3.05) is 6.61 Å². The van der Waals surface area contributed by atoms with Gasteiger partial charge in [0.1, 0.15) is 5.75 Å². The molecule has 0 bridgehead atoms. The highest BCUT2D eigenvalue weighted by Gasteiger charge is 1.98. The average Bonchev–Trinajstić information content (AvgIpc) is 2.29. The minimum absolute atomic E-state index is 0.594. The lowest BCUT2D eigenvalue weighted by Crippen LogP contribution is -1.99. The Kier molecular flexibility index (Phi) is 5.35. The van der Waals surface area contributed by atoms with Gasteiger partial charge in [-0.3, -0.25) is 0 Å². The molecule has 0 saturated heterocycles. The molecule has 1 atom stereocenters. The molecule has 86 valence electrons. The molecule has 16 heavy (non-hydrogen) atoms. The third kappa shape index (κ3) is 4.79. The molecule has 2 nitrogen and oxygen atoms in total. The molecule has 0 aromatic heterocycles. The second-order valence-electron chi connectivity index (χ2n) is 3.76. The summed E-state index contributed by atoms with van der Waals surface area (Å²) in [6, 6.07) is 9.04. The number of benzene rings is 1. The van der Waals surface area contributed by atoms with Gasteiger partial charge in [0.25, 0.3) is 0 Å². The molecular weight excluding hydrogens is 205 g/mol. The molecule has 0 saturated carbocycles. The summed E-state index contributed by atoms with van der Waals surface area (Å²) in [4.78, 5) is 0. The second-order valence-corrected chi connectivity index (χ2v) is 3.76. The van der Waals surface area contributed by atoms with Crippen LogP contribution in [0.2, 0.25) is 0 Å². The fourth-order valence-electron chi connectivity index (χ4n) is 1.34. The van der Waals surface area contributed by atoms with E-state index in [1.165, 1.54) is 0 Å². The molecule has 0 aliphatic heterocycles. The summed E-state index contributed by atoms with van der Waals surface area (Å²) in [6.45, 7) is 2.17. The van der Waals surface area contributed by atoms with E-state index >= 15 is 0 Å². The number of hydrogen-bond donors (Lipinski definition) is 0. The van der Waals surface area contributed by atoms with Crippen LogP contribution in [0.15, 0.2) is 24.3 Å². The second kappa shape index (κ2) is 6.84. The molecule has 1 aromatic rings. The monoisotopic (exact) mass is 221 g/mol. The van der Waals surface area contributed by atoms with Crippen molar-refractivity contribution < 1.29 is 9.13 Å². The molecule has 0 heterocycles. The number of rotatable bonds is 6. The predicted molar refractivity (Wildman–Crippen MR) is 61.1 cm³/mol. The van der Waals surface area contributed by atoms with Gasteiger partial charge < -0.3 is 4.74 Å². The SMILES string of the molecule is C[C@H](F)CCCCOc1ccc(C#N)cc1. The van der Waals surface area contributed by atoms with Gasteiger partial charge in [-0.2, -0.15) is 5.26 Å². The zero-order valence-corrected chi connectivity index (χ0v) is 9.45. The van der Waals surface area contributed by atoms with Crippen molar-refractivity contribution in [1.29, 1.82) is 5.26 Å². The summed E-state index contributed by atoms with van der Waals surface area (Å²) in [6.07, 6.45) is 1.56. The third-order valence-corrected chi connectivity index (χ3v) is 2.25. The fourth-order valence-corrected chi connectivity index (χ4v) is 1.34. The number of nitrogens with zero attached hydrogens (tertiary/aromatic N) is 1. The molecule has 0 aliphatic rings. The highest BCUT2D eigenvalue weighted by molar-refractivity contribution is 5.34. The van der Waals surface area contributed by atoms with Gasteiger partial charge in [-0.15, -0.1) is 0 Å². The summed E-state index contributed by atoms with van der Waals surface area (Å²) in [5.41, 5.74) is 0.624. The van der Waals surface area contributed by atoms with Crippen LogP contribution < -0.4 is 4.74 Å². The first-order chi connectivity index (χ1) is 7.72. The molecule has 0 unspecified atom stereocenters. The third-order valence-electron chi connectivity index (χ3n) is 2.25. The Morgan fingerprint density at radius 3 is 2.56 bits per heavy atom. The van der Waals surface area contributed by atoms with E-state index < -0.39 is 6.17 Å². The summed E-state index contributed by atoms with van der Waals surface area (Å²) in [5.74, 6) is 0.757. The Balaban J connectivity index is 2.20. The Morgan fingerprint density at radius 2 is 2.00 bits per heavy atom. The first kappa shape index (κ1) is 12.5. The molecule has 0 spiro atoms. The molecule has 1 rings (SSSR count). The van der Waals surface area contributed by atoms with Crippen LogP contribution in [-0.2, 0) is 0 Å². The van der Waals surface area contributed by atoms with Crippen molar-refractivity contribution in [2.45, 2.75) is 32.4 Å². The standard InChI is InChI=1S/C13H16FNO/c1-11(14)4-2-3-9-16-13-7-5-12(10-15)6-8-13/h5-8,11H,2-4,9H2,1H3/t11-/m0/s1. The van der Waals surface area contributed by atoms with Gasteiger partial charge in [-0.25, -0.2) is 4.39 Å². The number of nitriles is 1. The Hall–Kier alpha value is -1.56. The number of unbranched alkanes of at least 4 members (excludes halogenated alkanes) is 1. The minimum atomic E-state index is -0.727. The molecule has 0 aliphatic carbocycles. The minimum Gasteiger partial charge on any atom is -0.494 e. The maximum Gasteiger partial charge on any atom is 0.119 e. The number of halogens is 1. The van der Waals surface area contributed by atoms with E-state index in [4.69, 9.17) is 10.00 Å². The van der Waals surface area contributed by atoms with Crippen LogP contribution in [0.1, 0.15) is 31.7 Å². The van der Waals surface area contributed by atoms with E-state index in [2.05, 4.69) is 0 Å². The van der Waals surface area contributed by atoms with Gasteiger partial charge in [0.15, 0.2) is 0 Å². The number of hydrogen-bond acceptors (Lipinski definition) is 2. The van der Waals surface area contributed by atoms with Gasteiger partial charge in [0.2, 0.25) is 0 Å². The quantitative estimate of drug-likeness (QED) is 0.689. The summed E-state index contributed by atoms with van der Waals surface area (Å²) in [7, 11) is 0. The normalized spacial score (nSPS) is 11.8. The zero-order chi connectivity index (χ0) is 11.8. The molecule has 0 fully saturated rings. The van der Waals surface area contributed by atoms with Crippen molar-refractivity contribution in [2.24, 2.45) is 0 Å². The van der Waals surface area contributed by atoms with Crippen LogP contribution in [0.25, 0.3) is 0 Å². The maximum atomic E-state index is 12.5. The average molecular weight is 221 g/mol. The topological polar surface area (TPSA) is 33.0 Å². The maximum absolute atomic E-state index is 12.5. The van der Waals surface area contributed by atoms with Crippen LogP contribution in [0.4, 0.5) is 4.39 Å². The van der Waals surface area contributed by atoms with Crippen LogP contribution in [0, 0.1) is 11.3 Å². The van der Waals surface area contributed by atoms with E-state index in [0.717, 1.165) is 18.6 Å². The molecule has 0 amide bonds. The number of ether oxygens (including phenoxy) is 1. The van der Waals surface area contributed by atoms with E-state index in [9.17, 15) is 4.39 Å². The van der Waals surface area contributed by atoms with Crippen LogP contribution >= 0.6 is 0 Å². The molecular formula is C13H16FNO. The summed E-state index contributed by atoms with van der Waals surface area (Å²) in [5, 5.41) is 8.60.